The minimum absolute atomic E-state index is 0.0721. The second kappa shape index (κ2) is 5.33. The van der Waals surface area contributed by atoms with Crippen molar-refractivity contribution in [3.05, 3.63) is 11.1 Å². The maximum Gasteiger partial charge on any atom is 0.334 e. The summed E-state index contributed by atoms with van der Waals surface area (Å²) in [6.07, 6.45) is 0.0438. The van der Waals surface area contributed by atoms with Gasteiger partial charge >= 0.3 is 5.97 Å². The van der Waals surface area contributed by atoms with Gasteiger partial charge in [-0.05, 0) is 36.7 Å². The van der Waals surface area contributed by atoms with Crippen molar-refractivity contribution in [1.82, 2.24) is 0 Å². The van der Waals surface area contributed by atoms with Gasteiger partial charge in [0.25, 0.3) is 0 Å². The smallest absolute Gasteiger partial charge is 0.334 e. The molecule has 3 N–H and O–H groups in total. The highest BCUT2D eigenvalue weighted by Gasteiger charge is 2.88. The third-order valence-electron chi connectivity index (χ3n) is 9.06. The van der Waals surface area contributed by atoms with Gasteiger partial charge in [0.05, 0.1) is 11.5 Å². The highest BCUT2D eigenvalue weighted by atomic mass is 35.5. The molecular weight excluding hydrogens is 384 g/mol. The van der Waals surface area contributed by atoms with E-state index in [1.807, 2.05) is 27.7 Å². The maximum atomic E-state index is 12.3. The van der Waals surface area contributed by atoms with E-state index in [0.717, 1.165) is 11.1 Å². The van der Waals surface area contributed by atoms with Crippen molar-refractivity contribution >= 4 is 17.6 Å². The van der Waals surface area contributed by atoms with E-state index in [9.17, 15) is 20.1 Å². The van der Waals surface area contributed by atoms with Crippen molar-refractivity contribution in [3.63, 3.8) is 0 Å². The summed E-state index contributed by atoms with van der Waals surface area (Å²) in [5.74, 6) is -1.14. The number of cyclic esters (lactones) is 1. The number of rotatable bonds is 1. The van der Waals surface area contributed by atoms with Crippen LogP contribution in [0.5, 0.6) is 0 Å². The van der Waals surface area contributed by atoms with Crippen molar-refractivity contribution in [2.45, 2.75) is 81.3 Å². The summed E-state index contributed by atoms with van der Waals surface area (Å²) in [6, 6.07) is 0. The van der Waals surface area contributed by atoms with Gasteiger partial charge in [-0.25, -0.2) is 4.79 Å². The molecule has 0 aromatic rings. The topological polar surface area (TPSA) is 99.5 Å². The number of aliphatic hydroxyl groups excluding tert-OH is 1. The number of hydrogen-bond acceptors (Lipinski definition) is 6. The third-order valence-corrected chi connectivity index (χ3v) is 9.79. The van der Waals surface area contributed by atoms with Crippen LogP contribution in [0.25, 0.3) is 0 Å². The van der Waals surface area contributed by atoms with Crippen LogP contribution in [-0.2, 0) is 14.3 Å². The van der Waals surface area contributed by atoms with Crippen molar-refractivity contribution < 1.29 is 29.6 Å². The molecule has 2 saturated carbocycles. The van der Waals surface area contributed by atoms with Crippen LogP contribution in [0.15, 0.2) is 11.1 Å². The lowest BCUT2D eigenvalue weighted by Gasteiger charge is -2.66. The summed E-state index contributed by atoms with van der Waals surface area (Å²) in [4.78, 5) is 12.1. The first-order chi connectivity index (χ1) is 13.0. The van der Waals surface area contributed by atoms with Crippen LogP contribution in [0.1, 0.15) is 47.0 Å². The number of halogens is 1. The van der Waals surface area contributed by atoms with Gasteiger partial charge in [-0.3, -0.25) is 0 Å². The molecule has 28 heavy (non-hydrogen) atoms. The second-order valence-corrected chi connectivity index (χ2v) is 10.6. The Hall–Kier alpha value is -0.660. The lowest BCUT2D eigenvalue weighted by molar-refractivity contribution is -0.283. The molecular formula is C21H29ClO6. The van der Waals surface area contributed by atoms with Crippen LogP contribution in [-0.4, -0.2) is 62.3 Å². The molecule has 5 rings (SSSR count). The molecule has 2 aliphatic heterocycles. The first kappa shape index (κ1) is 19.3. The molecule has 7 heteroatoms. The number of esters is 1. The van der Waals surface area contributed by atoms with Gasteiger partial charge < -0.3 is 24.8 Å². The SMILES string of the molecule is CC(C)C1(O)C(Cl)C(C)C2(O)C3(C)CCC4=C(COC4=O)C3CC3OC32C1O. The molecule has 5 aliphatic rings. The van der Waals surface area contributed by atoms with Gasteiger partial charge in [-0.1, -0.05) is 27.7 Å². The van der Waals surface area contributed by atoms with Crippen LogP contribution in [0.3, 0.4) is 0 Å². The lowest BCUT2D eigenvalue weighted by Crippen LogP contribution is -2.81. The molecule has 0 amide bonds. The van der Waals surface area contributed by atoms with Crippen molar-refractivity contribution in [2.75, 3.05) is 6.61 Å². The van der Waals surface area contributed by atoms with E-state index < -0.39 is 39.6 Å². The molecule has 6 nitrogen and oxygen atoms in total. The second-order valence-electron chi connectivity index (χ2n) is 10.1. The summed E-state index contributed by atoms with van der Waals surface area (Å²) in [5, 5.41) is 34.3. The Morgan fingerprint density at radius 1 is 1.29 bits per heavy atom. The van der Waals surface area contributed by atoms with E-state index >= 15 is 0 Å². The minimum Gasteiger partial charge on any atom is -0.458 e. The molecule has 0 aromatic heterocycles. The number of aliphatic hydroxyl groups is 3. The molecule has 3 aliphatic carbocycles. The zero-order valence-corrected chi connectivity index (χ0v) is 17.5. The van der Waals surface area contributed by atoms with Crippen LogP contribution in [0, 0.1) is 23.2 Å². The fraction of sp³-hybridized carbons (Fsp3) is 0.857. The molecule has 9 atom stereocenters. The number of alkyl halides is 1. The zero-order valence-electron chi connectivity index (χ0n) is 16.7. The molecule has 0 aromatic carbocycles. The van der Waals surface area contributed by atoms with Crippen LogP contribution in [0.4, 0.5) is 0 Å². The van der Waals surface area contributed by atoms with Gasteiger partial charge in [-0.2, -0.15) is 0 Å². The van der Waals surface area contributed by atoms with Crippen molar-refractivity contribution in [1.29, 1.82) is 0 Å². The first-order valence-electron chi connectivity index (χ1n) is 10.3. The van der Waals surface area contributed by atoms with Crippen molar-refractivity contribution in [2.24, 2.45) is 23.2 Å². The monoisotopic (exact) mass is 412 g/mol. The van der Waals surface area contributed by atoms with E-state index in [2.05, 4.69) is 0 Å². The quantitative estimate of drug-likeness (QED) is 0.343. The third kappa shape index (κ3) is 1.72. The first-order valence-corrected chi connectivity index (χ1v) is 10.7. The van der Waals surface area contributed by atoms with Gasteiger partial charge in [0, 0.05) is 16.9 Å². The average Bonchev–Trinajstić information content (AvgIpc) is 3.28. The number of carbonyl (C=O) groups is 1. The molecule has 0 radical (unpaired) electrons. The fourth-order valence-corrected chi connectivity index (χ4v) is 7.86. The molecule has 1 saturated heterocycles. The van der Waals surface area contributed by atoms with Crippen molar-refractivity contribution in [3.8, 4) is 0 Å². The standard InChI is InChI=1S/C21H29ClO6/c1-9(2)19(25)15(22)10(3)21(26)18(4)6-5-11-12(8-27-16(11)23)13(18)7-14-20(21,28-14)17(19)24/h9-10,13-15,17,24-26H,5-8H2,1-4H3. The predicted octanol–water partition coefficient (Wildman–Crippen LogP) is 1.53. The van der Waals surface area contributed by atoms with Crippen LogP contribution < -0.4 is 0 Å². The fourth-order valence-electron chi connectivity index (χ4n) is 7.31. The Morgan fingerprint density at radius 3 is 2.61 bits per heavy atom. The summed E-state index contributed by atoms with van der Waals surface area (Å²) in [6.45, 7) is 7.80. The number of fused-ring (bicyclic) bond motifs is 3. The number of carbonyl (C=O) groups excluding carboxylic acids is 1. The summed E-state index contributed by atoms with van der Waals surface area (Å²) < 4.78 is 11.4. The number of epoxide rings is 1. The Kier molecular flexibility index (Phi) is 3.68. The Bertz CT molecular complexity index is 796. The predicted molar refractivity (Wildman–Crippen MR) is 101 cm³/mol. The normalized spacial score (nSPS) is 57.3. The van der Waals surface area contributed by atoms with Gasteiger partial charge in [0.2, 0.25) is 0 Å². The lowest BCUT2D eigenvalue weighted by atomic mass is 9.41. The minimum atomic E-state index is -1.56. The molecule has 2 heterocycles. The molecule has 0 bridgehead atoms. The highest BCUT2D eigenvalue weighted by molar-refractivity contribution is 6.22. The van der Waals surface area contributed by atoms with Gasteiger partial charge in [0.1, 0.15) is 23.9 Å². The Morgan fingerprint density at radius 2 is 1.96 bits per heavy atom. The largest absolute Gasteiger partial charge is 0.458 e. The summed E-state index contributed by atoms with van der Waals surface area (Å²) >= 11 is 6.77. The molecule has 3 fully saturated rings. The average molecular weight is 413 g/mol. The van der Waals surface area contributed by atoms with E-state index in [1.165, 1.54) is 0 Å². The van der Waals surface area contributed by atoms with E-state index in [4.69, 9.17) is 21.1 Å². The van der Waals surface area contributed by atoms with Crippen LogP contribution >= 0.6 is 11.6 Å². The van der Waals surface area contributed by atoms with E-state index in [0.29, 0.717) is 19.3 Å². The number of ether oxygens (including phenoxy) is 2. The Labute approximate surface area is 169 Å². The van der Waals surface area contributed by atoms with E-state index in [1.54, 1.807) is 0 Å². The van der Waals surface area contributed by atoms with Gasteiger partial charge in [-0.15, -0.1) is 11.6 Å². The highest BCUT2D eigenvalue weighted by Crippen LogP contribution is 2.74. The zero-order chi connectivity index (χ0) is 20.4. The maximum absolute atomic E-state index is 12.3. The molecule has 9 unspecified atom stereocenters. The van der Waals surface area contributed by atoms with Gasteiger partial charge in [0.15, 0.2) is 5.60 Å². The Balaban J connectivity index is 1.67. The summed E-state index contributed by atoms with van der Waals surface area (Å²) in [7, 11) is 0. The molecule has 1 spiro atoms. The molecule has 156 valence electrons. The van der Waals surface area contributed by atoms with Crippen LogP contribution in [0.2, 0.25) is 0 Å². The number of hydrogen-bond donors (Lipinski definition) is 3. The van der Waals surface area contributed by atoms with E-state index in [-0.39, 0.29) is 30.5 Å². The summed E-state index contributed by atoms with van der Waals surface area (Å²) in [5.41, 5.74) is -3.15.